The van der Waals surface area contributed by atoms with E-state index in [1.54, 1.807) is 31.4 Å². The fourth-order valence-electron chi connectivity index (χ4n) is 2.11. The van der Waals surface area contributed by atoms with Crippen molar-refractivity contribution in [2.24, 2.45) is 0 Å². The first-order chi connectivity index (χ1) is 10.7. The first-order valence-electron chi connectivity index (χ1n) is 7.07. The Morgan fingerprint density at radius 3 is 2.41 bits per heavy atom. The molecule has 0 saturated carbocycles. The Balaban J connectivity index is 1.98. The molecule has 0 atom stereocenters. The Bertz CT molecular complexity index is 585. The average Bonchev–Trinajstić information content (AvgIpc) is 2.56. The third-order valence-corrected chi connectivity index (χ3v) is 3.20. The summed E-state index contributed by atoms with van der Waals surface area (Å²) in [6.45, 7) is 0.571. The molecule has 22 heavy (non-hydrogen) atoms. The van der Waals surface area contributed by atoms with Crippen LogP contribution in [0.25, 0.3) is 0 Å². The van der Waals surface area contributed by atoms with Crippen LogP contribution in [0.3, 0.4) is 0 Å². The number of ether oxygens (including phenoxy) is 1. The van der Waals surface area contributed by atoms with Crippen molar-refractivity contribution in [2.45, 2.75) is 0 Å². The largest absolute Gasteiger partial charge is 0.497 e. The summed E-state index contributed by atoms with van der Waals surface area (Å²) in [5.74, 6) is 0.603. The summed E-state index contributed by atoms with van der Waals surface area (Å²) in [6.07, 6.45) is 0. The van der Waals surface area contributed by atoms with Crippen molar-refractivity contribution in [3.8, 4) is 5.75 Å². The van der Waals surface area contributed by atoms with Crippen molar-refractivity contribution in [2.75, 3.05) is 37.0 Å². The lowest BCUT2D eigenvalue weighted by atomic mass is 10.2. The highest BCUT2D eigenvalue weighted by Crippen LogP contribution is 2.16. The van der Waals surface area contributed by atoms with Gasteiger partial charge in [0.15, 0.2) is 0 Å². The molecular formula is C17H20N2O3. The number of hydrogen-bond acceptors (Lipinski definition) is 4. The van der Waals surface area contributed by atoms with Gasteiger partial charge in [0, 0.05) is 17.9 Å². The number of amides is 1. The lowest BCUT2D eigenvalue weighted by Gasteiger charge is -2.23. The molecule has 2 N–H and O–H groups in total. The quantitative estimate of drug-likeness (QED) is 0.822. The molecule has 0 aliphatic heterocycles. The number of methoxy groups -OCH3 is 1. The molecule has 0 aromatic heterocycles. The second kappa shape index (κ2) is 8.05. The van der Waals surface area contributed by atoms with Crippen LogP contribution in [0.1, 0.15) is 0 Å². The van der Waals surface area contributed by atoms with Crippen LogP contribution in [0.2, 0.25) is 0 Å². The van der Waals surface area contributed by atoms with Crippen LogP contribution in [0.4, 0.5) is 11.4 Å². The zero-order chi connectivity index (χ0) is 15.8. The van der Waals surface area contributed by atoms with E-state index in [0.29, 0.717) is 12.2 Å². The summed E-state index contributed by atoms with van der Waals surface area (Å²) in [7, 11) is 1.60. The van der Waals surface area contributed by atoms with Gasteiger partial charge >= 0.3 is 0 Å². The van der Waals surface area contributed by atoms with Crippen LogP contribution in [0, 0.1) is 0 Å². The van der Waals surface area contributed by atoms with Crippen molar-refractivity contribution in [3.63, 3.8) is 0 Å². The van der Waals surface area contributed by atoms with Crippen molar-refractivity contribution < 1.29 is 14.6 Å². The number of aliphatic hydroxyl groups is 1. The average molecular weight is 300 g/mol. The maximum atomic E-state index is 12.2. The number of nitrogens with zero attached hydrogens (tertiary/aromatic N) is 1. The molecule has 2 rings (SSSR count). The van der Waals surface area contributed by atoms with Crippen molar-refractivity contribution in [1.29, 1.82) is 0 Å². The summed E-state index contributed by atoms with van der Waals surface area (Å²) >= 11 is 0. The van der Waals surface area contributed by atoms with E-state index in [2.05, 4.69) is 5.32 Å². The van der Waals surface area contributed by atoms with Crippen LogP contribution in [-0.4, -0.2) is 37.8 Å². The highest BCUT2D eigenvalue weighted by molar-refractivity contribution is 5.94. The van der Waals surface area contributed by atoms with Crippen LogP contribution in [0.5, 0.6) is 5.75 Å². The topological polar surface area (TPSA) is 61.8 Å². The van der Waals surface area contributed by atoms with Gasteiger partial charge in [0.25, 0.3) is 0 Å². The summed E-state index contributed by atoms with van der Waals surface area (Å²) in [5.41, 5.74) is 1.62. The molecule has 0 aliphatic rings. The minimum absolute atomic E-state index is 0.00922. The predicted molar refractivity (Wildman–Crippen MR) is 87.4 cm³/mol. The number of hydrogen-bond donors (Lipinski definition) is 2. The number of carbonyl (C=O) groups is 1. The first kappa shape index (κ1) is 15.9. The predicted octanol–water partition coefficient (Wildman–Crippen LogP) is 2.13. The summed E-state index contributed by atoms with van der Waals surface area (Å²) in [4.78, 5) is 14.0. The molecule has 2 aromatic carbocycles. The molecule has 0 spiro atoms. The van der Waals surface area contributed by atoms with Crippen molar-refractivity contribution in [1.82, 2.24) is 0 Å². The molecule has 0 heterocycles. The summed E-state index contributed by atoms with van der Waals surface area (Å²) in [5, 5.41) is 12.0. The maximum absolute atomic E-state index is 12.2. The van der Waals surface area contributed by atoms with Crippen LogP contribution < -0.4 is 15.0 Å². The molecule has 0 radical (unpaired) electrons. The fourth-order valence-corrected chi connectivity index (χ4v) is 2.11. The van der Waals surface area contributed by atoms with Gasteiger partial charge < -0.3 is 20.1 Å². The van der Waals surface area contributed by atoms with E-state index in [0.717, 1.165) is 11.4 Å². The van der Waals surface area contributed by atoms with Crippen molar-refractivity contribution >= 4 is 17.3 Å². The molecule has 5 nitrogen and oxygen atoms in total. The molecular weight excluding hydrogens is 280 g/mol. The zero-order valence-electron chi connectivity index (χ0n) is 12.5. The van der Waals surface area contributed by atoms with Crippen LogP contribution >= 0.6 is 0 Å². The first-order valence-corrected chi connectivity index (χ1v) is 7.07. The molecule has 0 saturated heterocycles. The number of anilines is 2. The van der Waals surface area contributed by atoms with Gasteiger partial charge in [-0.25, -0.2) is 0 Å². The second-order valence-electron chi connectivity index (χ2n) is 4.76. The molecule has 0 fully saturated rings. The van der Waals surface area contributed by atoms with Crippen LogP contribution in [0.15, 0.2) is 54.6 Å². The van der Waals surface area contributed by atoms with Gasteiger partial charge in [0.05, 0.1) is 20.3 Å². The van der Waals surface area contributed by atoms with E-state index in [1.165, 1.54) is 0 Å². The number of nitrogens with one attached hydrogen (secondary N) is 1. The van der Waals surface area contributed by atoms with E-state index in [1.807, 2.05) is 35.2 Å². The van der Waals surface area contributed by atoms with E-state index >= 15 is 0 Å². The summed E-state index contributed by atoms with van der Waals surface area (Å²) < 4.78 is 5.08. The van der Waals surface area contributed by atoms with E-state index in [9.17, 15) is 9.90 Å². The normalized spacial score (nSPS) is 10.1. The lowest BCUT2D eigenvalue weighted by Crippen LogP contribution is -2.35. The Hall–Kier alpha value is -2.53. The molecule has 5 heteroatoms. The van der Waals surface area contributed by atoms with Gasteiger partial charge in [-0.3, -0.25) is 4.79 Å². The maximum Gasteiger partial charge on any atom is 0.243 e. The van der Waals surface area contributed by atoms with Gasteiger partial charge in [-0.05, 0) is 36.4 Å². The molecule has 2 aromatic rings. The van der Waals surface area contributed by atoms with E-state index in [-0.39, 0.29) is 19.1 Å². The Labute approximate surface area is 130 Å². The minimum Gasteiger partial charge on any atom is -0.497 e. The van der Waals surface area contributed by atoms with E-state index in [4.69, 9.17) is 4.74 Å². The fraction of sp³-hybridized carbons (Fsp3) is 0.235. The molecule has 0 unspecified atom stereocenters. The number of rotatable bonds is 7. The van der Waals surface area contributed by atoms with Gasteiger partial charge in [-0.15, -0.1) is 0 Å². The third kappa shape index (κ3) is 4.49. The molecule has 1 amide bonds. The standard InChI is InChI=1S/C17H20N2O3/c1-22-16-9-7-14(8-10-16)18-17(21)13-19(11-12-20)15-5-3-2-4-6-15/h2-10,20H,11-13H2,1H3,(H,18,21). The number of benzene rings is 2. The van der Waals surface area contributed by atoms with Gasteiger partial charge in [-0.1, -0.05) is 18.2 Å². The van der Waals surface area contributed by atoms with Gasteiger partial charge in [0.1, 0.15) is 5.75 Å². The van der Waals surface area contributed by atoms with E-state index < -0.39 is 0 Å². The Morgan fingerprint density at radius 2 is 1.82 bits per heavy atom. The third-order valence-electron chi connectivity index (χ3n) is 3.20. The molecule has 0 aliphatic carbocycles. The van der Waals surface area contributed by atoms with Crippen LogP contribution in [-0.2, 0) is 4.79 Å². The Kier molecular flexibility index (Phi) is 5.80. The number of para-hydroxylation sites is 1. The highest BCUT2D eigenvalue weighted by atomic mass is 16.5. The lowest BCUT2D eigenvalue weighted by molar-refractivity contribution is -0.115. The number of aliphatic hydroxyl groups excluding tert-OH is 1. The smallest absolute Gasteiger partial charge is 0.243 e. The Morgan fingerprint density at radius 1 is 1.14 bits per heavy atom. The zero-order valence-corrected chi connectivity index (χ0v) is 12.5. The monoisotopic (exact) mass is 300 g/mol. The molecule has 116 valence electrons. The second-order valence-corrected chi connectivity index (χ2v) is 4.76. The van der Waals surface area contributed by atoms with Gasteiger partial charge in [-0.2, -0.15) is 0 Å². The number of carbonyl (C=O) groups excluding carboxylic acids is 1. The SMILES string of the molecule is COc1ccc(NC(=O)CN(CCO)c2ccccc2)cc1. The minimum atomic E-state index is -0.137. The highest BCUT2D eigenvalue weighted by Gasteiger charge is 2.11. The van der Waals surface area contributed by atoms with Gasteiger partial charge in [0.2, 0.25) is 5.91 Å². The van der Waals surface area contributed by atoms with Crippen molar-refractivity contribution in [3.05, 3.63) is 54.6 Å². The summed E-state index contributed by atoms with van der Waals surface area (Å²) in [6, 6.07) is 16.7. The molecule has 0 bridgehead atoms.